The zero-order valence-electron chi connectivity index (χ0n) is 35.1. The van der Waals surface area contributed by atoms with Crippen LogP contribution in [0.5, 0.6) is 0 Å². The normalized spacial score (nSPS) is 14.9. The maximum atomic E-state index is 12.5. The van der Waals surface area contributed by atoms with Crippen LogP contribution in [0.15, 0.2) is 60.9 Å². The van der Waals surface area contributed by atoms with Crippen LogP contribution in [0.4, 0.5) is 0 Å². The molecule has 0 saturated carbocycles. The lowest BCUT2D eigenvalue weighted by atomic mass is 10.1. The highest BCUT2D eigenvalue weighted by molar-refractivity contribution is 7.47. The molecule has 0 radical (unpaired) electrons. The predicted octanol–water partition coefficient (Wildman–Crippen LogP) is 11.5. The summed E-state index contributed by atoms with van der Waals surface area (Å²) in [6.45, 7) is 4.63. The average molecular weight is 783 g/mol. The summed E-state index contributed by atoms with van der Waals surface area (Å²) in [5, 5.41) is 10.1. The molecule has 0 aliphatic heterocycles. The van der Waals surface area contributed by atoms with Gasteiger partial charge in [-0.25, -0.2) is 4.57 Å². The Kier molecular flexibility index (Phi) is 35.3. The van der Waals surface area contributed by atoms with Crippen molar-refractivity contribution in [2.45, 2.75) is 167 Å². The number of carbonyl (C=O) groups excluding carboxylic acids is 1. The third kappa shape index (κ3) is 39.7. The van der Waals surface area contributed by atoms with E-state index in [9.17, 15) is 19.4 Å². The number of aliphatic hydroxyl groups is 1. The summed E-state index contributed by atoms with van der Waals surface area (Å²) in [4.78, 5) is 22.6. The monoisotopic (exact) mass is 783 g/mol. The zero-order valence-corrected chi connectivity index (χ0v) is 35.9. The van der Waals surface area contributed by atoms with Crippen molar-refractivity contribution in [1.29, 1.82) is 0 Å². The van der Waals surface area contributed by atoms with E-state index in [1.54, 1.807) is 6.26 Å². The van der Waals surface area contributed by atoms with Gasteiger partial charge >= 0.3 is 13.8 Å². The predicted molar refractivity (Wildman–Crippen MR) is 225 cm³/mol. The summed E-state index contributed by atoms with van der Waals surface area (Å²) < 4.78 is 34.7. The first-order chi connectivity index (χ1) is 26.0. The molecule has 0 spiro atoms. The number of likely N-dealkylation sites (N-methyl/N-ethyl adjacent to an activating group) is 1. The summed E-state index contributed by atoms with van der Waals surface area (Å²) in [7, 11) is 1.61. The molecule has 0 fully saturated rings. The van der Waals surface area contributed by atoms with E-state index in [4.69, 9.17) is 18.5 Å². The molecule has 0 saturated heterocycles. The number of quaternary nitrogens is 1. The Hall–Kier alpha value is -2.00. The average Bonchev–Trinajstić information content (AvgIpc) is 3.12. The molecular formula is C44H81NO8P+. The van der Waals surface area contributed by atoms with E-state index in [0.29, 0.717) is 17.4 Å². The number of unbranched alkanes of at least 4 members (excludes halogenated alkanes) is 15. The molecule has 3 atom stereocenters. The molecule has 2 unspecified atom stereocenters. The van der Waals surface area contributed by atoms with Crippen molar-refractivity contribution in [1.82, 2.24) is 0 Å². The maximum Gasteiger partial charge on any atom is 0.472 e. The van der Waals surface area contributed by atoms with Gasteiger partial charge in [-0.3, -0.25) is 13.8 Å². The minimum Gasteiger partial charge on any atom is -0.492 e. The molecule has 54 heavy (non-hydrogen) atoms. The quantitative estimate of drug-likeness (QED) is 0.0121. The largest absolute Gasteiger partial charge is 0.492 e. The SMILES string of the molecule is CC/C=C/C/C=C/C=C/C(O)CCCCCCCC(=O)OC[C@H](COP(=O)(O)OCC[N+](C)(C)C)O/C=C/CCCCCCCC/C=C\CCCCCC. The number of phosphoric acid groups is 1. The molecule has 0 aliphatic rings. The van der Waals surface area contributed by atoms with Gasteiger partial charge in [-0.1, -0.05) is 133 Å². The van der Waals surface area contributed by atoms with Gasteiger partial charge in [-0.2, -0.15) is 0 Å². The van der Waals surface area contributed by atoms with Crippen LogP contribution in [-0.4, -0.2) is 80.2 Å². The number of carbonyl (C=O) groups is 1. The zero-order chi connectivity index (χ0) is 40.0. The molecule has 0 aromatic heterocycles. The van der Waals surface area contributed by atoms with Gasteiger partial charge in [0.2, 0.25) is 0 Å². The second-order valence-corrected chi connectivity index (χ2v) is 16.7. The van der Waals surface area contributed by atoms with Crippen LogP contribution in [0.2, 0.25) is 0 Å². The standard InChI is InChI=1S/C44H80NO8P/c1-6-8-10-12-14-15-16-17-18-19-20-21-22-24-29-33-38-50-43(41-53-54(48,49)52-39-37-45(3,4)5)40-51-44(47)36-32-28-25-27-31-35-42(46)34-30-26-23-13-11-9-7-2/h9,11,15-16,23,26,30,33-34,38,42-43,46H,6-8,10,12-14,17-22,24-25,27-29,31-32,35-37,39-41H2,1-5H3/p+1/b11-9+,16-15-,26-23+,34-30+,38-33+/t42?,43-/m1/s1. The smallest absolute Gasteiger partial charge is 0.472 e. The van der Waals surface area contributed by atoms with Crippen LogP contribution in [0.25, 0.3) is 0 Å². The molecule has 314 valence electrons. The van der Waals surface area contributed by atoms with Gasteiger partial charge in [0, 0.05) is 6.42 Å². The van der Waals surface area contributed by atoms with E-state index in [-0.39, 0.29) is 32.2 Å². The van der Waals surface area contributed by atoms with E-state index in [0.717, 1.165) is 64.2 Å². The number of ether oxygens (including phenoxy) is 2. The third-order valence-corrected chi connectivity index (χ3v) is 9.74. The van der Waals surface area contributed by atoms with Crippen LogP contribution in [0, 0.1) is 0 Å². The second kappa shape index (κ2) is 36.6. The van der Waals surface area contributed by atoms with Crippen molar-refractivity contribution in [2.24, 2.45) is 0 Å². The number of rotatable bonds is 38. The third-order valence-electron chi connectivity index (χ3n) is 8.76. The Labute approximate surface area is 331 Å². The first-order valence-corrected chi connectivity index (χ1v) is 22.7. The number of hydrogen-bond donors (Lipinski definition) is 2. The van der Waals surface area contributed by atoms with Crippen molar-refractivity contribution in [3.63, 3.8) is 0 Å². The Morgan fingerprint density at radius 1 is 0.704 bits per heavy atom. The van der Waals surface area contributed by atoms with Gasteiger partial charge in [0.15, 0.2) is 6.10 Å². The van der Waals surface area contributed by atoms with Gasteiger partial charge in [0.1, 0.15) is 19.8 Å². The lowest BCUT2D eigenvalue weighted by Gasteiger charge is -2.24. The fourth-order valence-electron chi connectivity index (χ4n) is 5.36. The minimum absolute atomic E-state index is 0.0700. The van der Waals surface area contributed by atoms with Crippen molar-refractivity contribution >= 4 is 13.8 Å². The highest BCUT2D eigenvalue weighted by Gasteiger charge is 2.25. The van der Waals surface area contributed by atoms with Gasteiger partial charge < -0.3 is 24.0 Å². The first kappa shape index (κ1) is 52.0. The minimum atomic E-state index is -4.29. The van der Waals surface area contributed by atoms with Gasteiger partial charge in [-0.05, 0) is 70.3 Å². The van der Waals surface area contributed by atoms with Crippen molar-refractivity contribution in [3.8, 4) is 0 Å². The molecule has 0 aromatic rings. The van der Waals surface area contributed by atoms with Gasteiger partial charge in [0.25, 0.3) is 0 Å². The van der Waals surface area contributed by atoms with Crippen LogP contribution in [0.3, 0.4) is 0 Å². The molecule has 10 heteroatoms. The van der Waals surface area contributed by atoms with E-state index < -0.39 is 20.0 Å². The molecule has 0 amide bonds. The highest BCUT2D eigenvalue weighted by atomic mass is 31.2. The fourth-order valence-corrected chi connectivity index (χ4v) is 6.10. The lowest BCUT2D eigenvalue weighted by Crippen LogP contribution is -2.37. The topological polar surface area (TPSA) is 112 Å². The number of aliphatic hydroxyl groups excluding tert-OH is 1. The summed E-state index contributed by atoms with van der Waals surface area (Å²) >= 11 is 0. The second-order valence-electron chi connectivity index (χ2n) is 15.2. The highest BCUT2D eigenvalue weighted by Crippen LogP contribution is 2.43. The number of hydrogen-bond acceptors (Lipinski definition) is 7. The van der Waals surface area contributed by atoms with E-state index >= 15 is 0 Å². The Morgan fingerprint density at radius 2 is 1.31 bits per heavy atom. The van der Waals surface area contributed by atoms with Crippen LogP contribution in [0.1, 0.15) is 155 Å². The fraction of sp³-hybridized carbons (Fsp3) is 0.750. The summed E-state index contributed by atoms with van der Waals surface area (Å²) in [5.41, 5.74) is 0. The molecular weight excluding hydrogens is 701 g/mol. The van der Waals surface area contributed by atoms with Crippen molar-refractivity contribution in [3.05, 3.63) is 60.9 Å². The number of nitrogens with zero attached hydrogens (tertiary/aromatic N) is 1. The summed E-state index contributed by atoms with van der Waals surface area (Å²) in [6, 6.07) is 0. The van der Waals surface area contributed by atoms with Crippen LogP contribution >= 0.6 is 7.82 Å². The molecule has 9 nitrogen and oxygen atoms in total. The Bertz CT molecular complexity index is 1070. The summed E-state index contributed by atoms with van der Waals surface area (Å²) in [6.07, 6.45) is 42.3. The number of esters is 1. The van der Waals surface area contributed by atoms with Crippen molar-refractivity contribution < 1.29 is 42.4 Å². The van der Waals surface area contributed by atoms with Gasteiger partial charge in [0.05, 0.1) is 40.1 Å². The molecule has 0 rings (SSSR count). The van der Waals surface area contributed by atoms with Gasteiger partial charge in [-0.15, -0.1) is 0 Å². The Balaban J connectivity index is 4.41. The first-order valence-electron chi connectivity index (χ1n) is 21.2. The van der Waals surface area contributed by atoms with E-state index in [1.807, 2.05) is 45.4 Å². The summed E-state index contributed by atoms with van der Waals surface area (Å²) in [5.74, 6) is -0.337. The molecule has 0 aromatic carbocycles. The number of phosphoric ester groups is 1. The molecule has 0 heterocycles. The maximum absolute atomic E-state index is 12.5. The molecule has 0 aliphatic carbocycles. The van der Waals surface area contributed by atoms with Crippen LogP contribution < -0.4 is 0 Å². The Morgan fingerprint density at radius 3 is 1.96 bits per heavy atom. The molecule has 2 N–H and O–H groups in total. The lowest BCUT2D eigenvalue weighted by molar-refractivity contribution is -0.870. The van der Waals surface area contributed by atoms with Crippen LogP contribution in [-0.2, 0) is 27.9 Å². The van der Waals surface area contributed by atoms with Crippen molar-refractivity contribution in [2.75, 3.05) is 47.5 Å². The van der Waals surface area contributed by atoms with E-state index in [1.165, 1.54) is 64.2 Å². The number of allylic oxidation sites excluding steroid dienone is 8. The molecule has 0 bridgehead atoms. The van der Waals surface area contributed by atoms with E-state index in [2.05, 4.69) is 44.2 Å².